The number of carboxylic acid groups (broad SMARTS) is 1. The van der Waals surface area contributed by atoms with Gasteiger partial charge in [0.1, 0.15) is 11.9 Å². The lowest BCUT2D eigenvalue weighted by Gasteiger charge is -2.13. The molecule has 0 aliphatic rings. The molecule has 1 rings (SSSR count). The van der Waals surface area contributed by atoms with Gasteiger partial charge in [-0.05, 0) is 18.6 Å². The zero-order valence-corrected chi connectivity index (χ0v) is 10.3. The van der Waals surface area contributed by atoms with E-state index in [-0.39, 0.29) is 6.54 Å². The maximum atomic E-state index is 13.4. The third kappa shape index (κ3) is 4.32. The van der Waals surface area contributed by atoms with E-state index in [0.29, 0.717) is 17.0 Å². The molecule has 1 aromatic rings. The molecule has 0 heterocycles. The first-order chi connectivity index (χ1) is 8.04. The summed E-state index contributed by atoms with van der Waals surface area (Å²) in [7, 11) is 0. The van der Waals surface area contributed by atoms with Gasteiger partial charge in [0, 0.05) is 17.1 Å². The van der Waals surface area contributed by atoms with Gasteiger partial charge >= 0.3 is 5.97 Å². The molecule has 3 nitrogen and oxygen atoms in total. The first-order valence-electron chi connectivity index (χ1n) is 5.44. The van der Waals surface area contributed by atoms with Crippen LogP contribution in [-0.2, 0) is 11.3 Å². The van der Waals surface area contributed by atoms with Gasteiger partial charge in [-0.3, -0.25) is 4.79 Å². The largest absolute Gasteiger partial charge is 0.480 e. The molecule has 0 saturated heterocycles. The van der Waals surface area contributed by atoms with Crippen molar-refractivity contribution in [3.05, 3.63) is 34.6 Å². The zero-order valence-electron chi connectivity index (χ0n) is 9.54. The van der Waals surface area contributed by atoms with Crippen LogP contribution < -0.4 is 5.32 Å². The molecule has 2 N–H and O–H groups in total. The smallest absolute Gasteiger partial charge is 0.320 e. The minimum Gasteiger partial charge on any atom is -0.480 e. The molecule has 0 saturated carbocycles. The fourth-order valence-electron chi connectivity index (χ4n) is 1.50. The van der Waals surface area contributed by atoms with E-state index in [1.54, 1.807) is 12.1 Å². The second-order valence-electron chi connectivity index (χ2n) is 3.80. The zero-order chi connectivity index (χ0) is 12.8. The minimum atomic E-state index is -0.916. The monoisotopic (exact) mass is 259 g/mol. The molecule has 1 atom stereocenters. The Morgan fingerprint density at radius 3 is 2.82 bits per heavy atom. The van der Waals surface area contributed by atoms with Crippen molar-refractivity contribution in [3.63, 3.8) is 0 Å². The van der Waals surface area contributed by atoms with Crippen molar-refractivity contribution < 1.29 is 14.3 Å². The lowest BCUT2D eigenvalue weighted by atomic mass is 10.1. The van der Waals surface area contributed by atoms with Crippen LogP contribution >= 0.6 is 11.6 Å². The molecular weight excluding hydrogens is 245 g/mol. The summed E-state index contributed by atoms with van der Waals surface area (Å²) in [5, 5.41) is 12.1. The Labute approximate surface area is 105 Å². The van der Waals surface area contributed by atoms with Crippen LogP contribution in [0.25, 0.3) is 0 Å². The molecule has 0 aromatic heterocycles. The van der Waals surface area contributed by atoms with E-state index < -0.39 is 17.8 Å². The Balaban J connectivity index is 2.62. The summed E-state index contributed by atoms with van der Waals surface area (Å²) in [5.74, 6) is -1.34. The van der Waals surface area contributed by atoms with E-state index >= 15 is 0 Å². The maximum absolute atomic E-state index is 13.4. The fourth-order valence-corrected chi connectivity index (χ4v) is 1.66. The molecule has 0 amide bonds. The lowest BCUT2D eigenvalue weighted by Crippen LogP contribution is -2.36. The summed E-state index contributed by atoms with van der Waals surface area (Å²) in [6.45, 7) is 2.08. The standard InChI is InChI=1S/C12H15ClFNO2/c1-2-3-11(12(16)17)15-7-8-4-5-9(13)6-10(8)14/h4-6,11,15H,2-3,7H2,1H3,(H,16,17). The second-order valence-corrected chi connectivity index (χ2v) is 4.23. The summed E-state index contributed by atoms with van der Waals surface area (Å²) < 4.78 is 13.4. The van der Waals surface area contributed by atoms with Crippen molar-refractivity contribution in [1.82, 2.24) is 5.32 Å². The number of carboxylic acids is 1. The number of hydrogen-bond acceptors (Lipinski definition) is 2. The predicted octanol–water partition coefficient (Wildman–Crippen LogP) is 2.82. The number of rotatable bonds is 6. The van der Waals surface area contributed by atoms with Crippen molar-refractivity contribution in [2.75, 3.05) is 0 Å². The highest BCUT2D eigenvalue weighted by Crippen LogP contribution is 2.14. The van der Waals surface area contributed by atoms with Crippen LogP contribution in [0, 0.1) is 5.82 Å². The highest BCUT2D eigenvalue weighted by molar-refractivity contribution is 6.30. The second kappa shape index (κ2) is 6.57. The van der Waals surface area contributed by atoms with Gasteiger partial charge in [-0.2, -0.15) is 0 Å². The third-order valence-corrected chi connectivity index (χ3v) is 2.66. The first-order valence-corrected chi connectivity index (χ1v) is 5.82. The van der Waals surface area contributed by atoms with Crippen LogP contribution in [0.3, 0.4) is 0 Å². The molecule has 0 bridgehead atoms. The fraction of sp³-hybridized carbons (Fsp3) is 0.417. The number of benzene rings is 1. The summed E-state index contributed by atoms with van der Waals surface area (Å²) >= 11 is 5.63. The van der Waals surface area contributed by atoms with Gasteiger partial charge in [0.05, 0.1) is 0 Å². The van der Waals surface area contributed by atoms with Gasteiger partial charge in [-0.1, -0.05) is 31.0 Å². The Morgan fingerprint density at radius 2 is 2.29 bits per heavy atom. The van der Waals surface area contributed by atoms with Crippen LogP contribution in [0.15, 0.2) is 18.2 Å². The van der Waals surface area contributed by atoms with Gasteiger partial charge < -0.3 is 10.4 Å². The number of aliphatic carboxylic acids is 1. The first kappa shape index (κ1) is 13.9. The average Bonchev–Trinajstić information content (AvgIpc) is 2.25. The number of halogens is 2. The quantitative estimate of drug-likeness (QED) is 0.826. The highest BCUT2D eigenvalue weighted by Gasteiger charge is 2.15. The van der Waals surface area contributed by atoms with Gasteiger partial charge in [-0.25, -0.2) is 4.39 Å². The summed E-state index contributed by atoms with van der Waals surface area (Å²) in [6, 6.07) is 3.70. The van der Waals surface area contributed by atoms with Crippen molar-refractivity contribution in [2.45, 2.75) is 32.4 Å². The Kier molecular flexibility index (Phi) is 5.38. The normalized spacial score (nSPS) is 12.4. The van der Waals surface area contributed by atoms with Crippen LogP contribution in [0.5, 0.6) is 0 Å². The van der Waals surface area contributed by atoms with E-state index in [2.05, 4.69) is 5.32 Å². The molecule has 0 spiro atoms. The van der Waals surface area contributed by atoms with Gasteiger partial charge in [-0.15, -0.1) is 0 Å². The summed E-state index contributed by atoms with van der Waals surface area (Å²) in [5.41, 5.74) is 0.414. The molecule has 94 valence electrons. The van der Waals surface area contributed by atoms with E-state index in [0.717, 1.165) is 6.42 Å². The maximum Gasteiger partial charge on any atom is 0.320 e. The molecule has 0 aliphatic carbocycles. The van der Waals surface area contributed by atoms with Gasteiger partial charge in [0.15, 0.2) is 0 Å². The average molecular weight is 260 g/mol. The van der Waals surface area contributed by atoms with E-state index in [4.69, 9.17) is 16.7 Å². The molecule has 17 heavy (non-hydrogen) atoms. The Morgan fingerprint density at radius 1 is 1.59 bits per heavy atom. The minimum absolute atomic E-state index is 0.181. The van der Waals surface area contributed by atoms with Crippen LogP contribution in [0.2, 0.25) is 5.02 Å². The topological polar surface area (TPSA) is 49.3 Å². The SMILES string of the molecule is CCCC(NCc1ccc(Cl)cc1F)C(=O)O. The molecular formula is C12H15ClFNO2. The van der Waals surface area contributed by atoms with E-state index in [1.807, 2.05) is 6.92 Å². The van der Waals surface area contributed by atoms with Crippen LogP contribution in [-0.4, -0.2) is 17.1 Å². The molecule has 5 heteroatoms. The molecule has 1 unspecified atom stereocenters. The molecule has 0 radical (unpaired) electrons. The van der Waals surface area contributed by atoms with Crippen molar-refractivity contribution in [1.29, 1.82) is 0 Å². The molecule has 1 aromatic carbocycles. The van der Waals surface area contributed by atoms with Gasteiger partial charge in [0.2, 0.25) is 0 Å². The third-order valence-electron chi connectivity index (χ3n) is 2.43. The molecule has 0 fully saturated rings. The summed E-state index contributed by atoms with van der Waals surface area (Å²) in [6.07, 6.45) is 1.28. The van der Waals surface area contributed by atoms with Gasteiger partial charge in [0.25, 0.3) is 0 Å². The number of carbonyl (C=O) groups is 1. The molecule has 0 aliphatic heterocycles. The van der Waals surface area contributed by atoms with E-state index in [1.165, 1.54) is 6.07 Å². The van der Waals surface area contributed by atoms with Crippen LogP contribution in [0.1, 0.15) is 25.3 Å². The Bertz CT molecular complexity index is 398. The predicted molar refractivity (Wildman–Crippen MR) is 64.6 cm³/mol. The Hall–Kier alpha value is -1.13. The lowest BCUT2D eigenvalue weighted by molar-refractivity contribution is -0.139. The van der Waals surface area contributed by atoms with Crippen molar-refractivity contribution >= 4 is 17.6 Å². The highest BCUT2D eigenvalue weighted by atomic mass is 35.5. The van der Waals surface area contributed by atoms with E-state index in [9.17, 15) is 9.18 Å². The van der Waals surface area contributed by atoms with Crippen LogP contribution in [0.4, 0.5) is 4.39 Å². The van der Waals surface area contributed by atoms with Crippen molar-refractivity contribution in [3.8, 4) is 0 Å². The number of hydrogen-bond donors (Lipinski definition) is 2. The number of nitrogens with one attached hydrogen (secondary N) is 1. The summed E-state index contributed by atoms with van der Waals surface area (Å²) in [4.78, 5) is 10.9. The van der Waals surface area contributed by atoms with Crippen molar-refractivity contribution in [2.24, 2.45) is 0 Å².